The van der Waals surface area contributed by atoms with Gasteiger partial charge in [0.2, 0.25) is 0 Å². The Hall–Kier alpha value is -2.07. The van der Waals surface area contributed by atoms with Gasteiger partial charge in [-0.05, 0) is 60.7 Å². The smallest absolute Gasteiger partial charge is 0.191 e. The summed E-state index contributed by atoms with van der Waals surface area (Å²) in [6.07, 6.45) is 2.05. The molecule has 33 heavy (non-hydrogen) atoms. The fourth-order valence-corrected chi connectivity index (χ4v) is 4.03. The first-order valence-corrected chi connectivity index (χ1v) is 11.2. The first kappa shape index (κ1) is 27.2. The summed E-state index contributed by atoms with van der Waals surface area (Å²) < 4.78 is 19.0. The summed E-state index contributed by atoms with van der Waals surface area (Å²) in [6, 6.07) is 12.1. The maximum absolute atomic E-state index is 13.9. The van der Waals surface area contributed by atoms with Gasteiger partial charge >= 0.3 is 0 Å². The highest BCUT2D eigenvalue weighted by Gasteiger charge is 2.20. The van der Waals surface area contributed by atoms with Gasteiger partial charge in [0.15, 0.2) is 17.5 Å². The molecule has 0 amide bonds. The third-order valence-corrected chi connectivity index (χ3v) is 6.06. The van der Waals surface area contributed by atoms with Crippen LogP contribution in [0.1, 0.15) is 29.5 Å². The van der Waals surface area contributed by atoms with Gasteiger partial charge in [-0.2, -0.15) is 0 Å². The number of aliphatic imine (C=N–C) groups is 1. The van der Waals surface area contributed by atoms with E-state index in [-0.39, 0.29) is 29.8 Å². The monoisotopic (exact) mass is 569 g/mol. The van der Waals surface area contributed by atoms with Crippen LogP contribution in [0.4, 0.5) is 10.1 Å². The number of rotatable bonds is 7. The number of guanidine groups is 1. The molecule has 0 saturated carbocycles. The molecule has 2 aromatic rings. The van der Waals surface area contributed by atoms with Crippen molar-refractivity contribution in [2.75, 3.05) is 46.2 Å². The molecule has 0 spiro atoms. The molecule has 0 aromatic heterocycles. The van der Waals surface area contributed by atoms with Gasteiger partial charge in [-0.15, -0.1) is 24.0 Å². The largest absolute Gasteiger partial charge is 0.494 e. The van der Waals surface area contributed by atoms with E-state index in [4.69, 9.17) is 4.74 Å². The quantitative estimate of drug-likeness (QED) is 0.298. The summed E-state index contributed by atoms with van der Waals surface area (Å²) in [4.78, 5) is 8.88. The minimum Gasteiger partial charge on any atom is -0.494 e. The van der Waals surface area contributed by atoms with Crippen LogP contribution >= 0.6 is 24.0 Å². The molecular weight excluding hydrogens is 532 g/mol. The predicted molar refractivity (Wildman–Crippen MR) is 146 cm³/mol. The average Bonchev–Trinajstić information content (AvgIpc) is 2.78. The van der Waals surface area contributed by atoms with Crippen molar-refractivity contribution in [1.82, 2.24) is 15.5 Å². The van der Waals surface area contributed by atoms with Crippen molar-refractivity contribution in [3.8, 4) is 5.75 Å². The number of hydrogen-bond acceptors (Lipinski definition) is 4. The molecule has 1 saturated heterocycles. The van der Waals surface area contributed by atoms with Crippen molar-refractivity contribution in [1.29, 1.82) is 0 Å². The van der Waals surface area contributed by atoms with Crippen LogP contribution in [-0.2, 0) is 13.1 Å². The maximum atomic E-state index is 13.9. The number of aryl methyl sites for hydroxylation is 1. The topological polar surface area (TPSA) is 52.1 Å². The zero-order valence-electron chi connectivity index (χ0n) is 20.3. The predicted octanol–water partition coefficient (Wildman–Crippen LogP) is 4.16. The summed E-state index contributed by atoms with van der Waals surface area (Å²) in [7, 11) is 7.41. The Kier molecular flexibility index (Phi) is 10.7. The van der Waals surface area contributed by atoms with Gasteiger partial charge in [0.1, 0.15) is 0 Å². The molecule has 0 aliphatic carbocycles. The lowest BCUT2D eigenvalue weighted by atomic mass is 10.0. The standard InChI is InChI=1S/C25H36FN5O.HI/c1-18-14-22(30(3)4)8-7-20(18)16-28-25(27-2)29-21-10-12-31(13-11-21)17-19-6-9-24(32-5)23(26)15-19;/h6-9,14-15,21H,10-13,16-17H2,1-5H3,(H2,27,28,29);1H. The van der Waals surface area contributed by atoms with Crippen LogP contribution in [0.5, 0.6) is 5.75 Å². The SMILES string of the molecule is CN=C(NCc1ccc(N(C)C)cc1C)NC1CCN(Cc2ccc(OC)c(F)c2)CC1.I. The van der Waals surface area contributed by atoms with E-state index < -0.39 is 0 Å². The number of ether oxygens (including phenoxy) is 1. The highest BCUT2D eigenvalue weighted by atomic mass is 127. The molecule has 6 nitrogen and oxygen atoms in total. The number of nitrogens with one attached hydrogen (secondary N) is 2. The fourth-order valence-electron chi connectivity index (χ4n) is 4.03. The van der Waals surface area contributed by atoms with Crippen molar-refractivity contribution < 1.29 is 9.13 Å². The van der Waals surface area contributed by atoms with Crippen LogP contribution in [0.3, 0.4) is 0 Å². The molecule has 0 bridgehead atoms. The van der Waals surface area contributed by atoms with E-state index in [9.17, 15) is 4.39 Å². The number of nitrogens with zero attached hydrogens (tertiary/aromatic N) is 3. The van der Waals surface area contributed by atoms with E-state index in [2.05, 4.69) is 64.6 Å². The fraction of sp³-hybridized carbons (Fsp3) is 0.480. The van der Waals surface area contributed by atoms with Crippen LogP contribution in [-0.4, -0.2) is 58.2 Å². The van der Waals surface area contributed by atoms with Gasteiger partial charge in [-0.25, -0.2) is 4.39 Å². The Morgan fingerprint density at radius 3 is 2.48 bits per heavy atom. The van der Waals surface area contributed by atoms with Crippen molar-refractivity contribution in [2.24, 2.45) is 4.99 Å². The van der Waals surface area contributed by atoms with Gasteiger partial charge in [0.05, 0.1) is 7.11 Å². The Morgan fingerprint density at radius 2 is 1.91 bits per heavy atom. The van der Waals surface area contributed by atoms with E-state index >= 15 is 0 Å². The molecule has 8 heteroatoms. The first-order valence-electron chi connectivity index (χ1n) is 11.2. The molecule has 0 unspecified atom stereocenters. The minimum absolute atomic E-state index is 0. The van der Waals surface area contributed by atoms with Gasteiger partial charge < -0.3 is 20.3 Å². The van der Waals surface area contributed by atoms with Crippen LogP contribution < -0.4 is 20.3 Å². The third-order valence-electron chi connectivity index (χ3n) is 6.06. The summed E-state index contributed by atoms with van der Waals surface area (Å²) in [5, 5.41) is 7.01. The van der Waals surface area contributed by atoms with Crippen molar-refractivity contribution in [3.63, 3.8) is 0 Å². The Balaban J connectivity index is 0.00000385. The highest BCUT2D eigenvalue weighted by molar-refractivity contribution is 14.0. The van der Waals surface area contributed by atoms with Crippen LogP contribution in [0.25, 0.3) is 0 Å². The van der Waals surface area contributed by atoms with Crippen LogP contribution in [0.15, 0.2) is 41.4 Å². The zero-order valence-corrected chi connectivity index (χ0v) is 22.7. The number of benzene rings is 2. The van der Waals surface area contributed by atoms with Crippen LogP contribution in [0.2, 0.25) is 0 Å². The second-order valence-corrected chi connectivity index (χ2v) is 8.59. The molecule has 3 rings (SSSR count). The lowest BCUT2D eigenvalue weighted by molar-refractivity contribution is 0.198. The van der Waals surface area contributed by atoms with E-state index in [1.54, 1.807) is 12.1 Å². The van der Waals surface area contributed by atoms with E-state index in [1.807, 2.05) is 13.1 Å². The lowest BCUT2D eigenvalue weighted by Crippen LogP contribution is -2.48. The Bertz CT molecular complexity index is 929. The molecule has 1 aliphatic rings. The zero-order chi connectivity index (χ0) is 23.1. The van der Waals surface area contributed by atoms with Crippen LogP contribution in [0, 0.1) is 12.7 Å². The number of methoxy groups -OCH3 is 1. The molecule has 0 atom stereocenters. The summed E-state index contributed by atoms with van der Waals surface area (Å²) in [6.45, 7) is 5.56. The maximum Gasteiger partial charge on any atom is 0.191 e. The van der Waals surface area contributed by atoms with Crippen molar-refractivity contribution >= 4 is 35.6 Å². The highest BCUT2D eigenvalue weighted by Crippen LogP contribution is 2.20. The molecule has 1 aliphatic heterocycles. The molecule has 1 heterocycles. The molecule has 0 radical (unpaired) electrons. The average molecular weight is 570 g/mol. The lowest BCUT2D eigenvalue weighted by Gasteiger charge is -2.33. The van der Waals surface area contributed by atoms with Gasteiger partial charge in [-0.3, -0.25) is 9.89 Å². The number of piperidine rings is 1. The number of likely N-dealkylation sites (tertiary alicyclic amines) is 1. The van der Waals surface area contributed by atoms with E-state index in [0.29, 0.717) is 11.8 Å². The summed E-state index contributed by atoms with van der Waals surface area (Å²) in [5.41, 5.74) is 4.71. The summed E-state index contributed by atoms with van der Waals surface area (Å²) in [5.74, 6) is 0.819. The van der Waals surface area contributed by atoms with Gasteiger partial charge in [-0.1, -0.05) is 12.1 Å². The second kappa shape index (κ2) is 13.0. The molecule has 2 aromatic carbocycles. The summed E-state index contributed by atoms with van der Waals surface area (Å²) >= 11 is 0. The van der Waals surface area contributed by atoms with Crippen molar-refractivity contribution in [3.05, 3.63) is 58.9 Å². The van der Waals surface area contributed by atoms with Gasteiger partial charge in [0, 0.05) is 59.1 Å². The second-order valence-electron chi connectivity index (χ2n) is 8.59. The number of anilines is 1. The normalized spacial score (nSPS) is 15.0. The third kappa shape index (κ3) is 7.74. The van der Waals surface area contributed by atoms with E-state index in [0.717, 1.165) is 50.5 Å². The molecule has 2 N–H and O–H groups in total. The number of halogens is 2. The van der Waals surface area contributed by atoms with E-state index in [1.165, 1.54) is 23.9 Å². The van der Waals surface area contributed by atoms with Crippen molar-refractivity contribution in [2.45, 2.75) is 38.9 Å². The minimum atomic E-state index is -0.303. The van der Waals surface area contributed by atoms with Gasteiger partial charge in [0.25, 0.3) is 0 Å². The molecule has 1 fully saturated rings. The number of hydrogen-bond donors (Lipinski definition) is 2. The molecular formula is C25H37FIN5O. The Morgan fingerprint density at radius 1 is 1.18 bits per heavy atom. The Labute approximate surface area is 214 Å². The molecule has 182 valence electrons. The first-order chi connectivity index (χ1) is 15.4.